The fourth-order valence-corrected chi connectivity index (χ4v) is 4.97. The van der Waals surface area contributed by atoms with Crippen molar-refractivity contribution in [2.24, 2.45) is 10.2 Å². The van der Waals surface area contributed by atoms with E-state index in [1.54, 1.807) is 24.3 Å². The molecule has 0 spiro atoms. The van der Waals surface area contributed by atoms with Gasteiger partial charge in [0.25, 0.3) is 11.8 Å². The standard InChI is InChI=1S/C35H43N3O4/c1-2-3-4-5-6-7-8-9-10-13-26-41-30-21-17-28(18-22-30)36-37-29-19-23-31(24-20-29)42-27-14-25-38-34(39)32-15-11-12-16-33(32)35(38)40/h11-12,15-24H,2-10,13-14,25-27H2,1H3. The molecule has 1 heterocycles. The lowest BCUT2D eigenvalue weighted by molar-refractivity contribution is 0.0646. The smallest absolute Gasteiger partial charge is 0.261 e. The van der Waals surface area contributed by atoms with Gasteiger partial charge in [-0.3, -0.25) is 14.5 Å². The van der Waals surface area contributed by atoms with Crippen LogP contribution in [0.1, 0.15) is 98.3 Å². The van der Waals surface area contributed by atoms with Crippen molar-refractivity contribution in [1.82, 2.24) is 4.90 Å². The molecule has 0 aromatic heterocycles. The Kier molecular flexibility index (Phi) is 12.6. The molecule has 42 heavy (non-hydrogen) atoms. The van der Waals surface area contributed by atoms with Crippen molar-refractivity contribution in [1.29, 1.82) is 0 Å². The Bertz CT molecular complexity index is 1250. The summed E-state index contributed by atoms with van der Waals surface area (Å²) in [5.74, 6) is 1.07. The first kappa shape index (κ1) is 30.9. The first-order valence-electron chi connectivity index (χ1n) is 15.5. The summed E-state index contributed by atoms with van der Waals surface area (Å²) in [5, 5.41) is 8.63. The topological polar surface area (TPSA) is 80.6 Å². The second-order valence-corrected chi connectivity index (χ2v) is 10.7. The van der Waals surface area contributed by atoms with Gasteiger partial charge < -0.3 is 9.47 Å². The first-order valence-corrected chi connectivity index (χ1v) is 15.5. The molecule has 0 fully saturated rings. The summed E-state index contributed by atoms with van der Waals surface area (Å²) in [4.78, 5) is 26.2. The Morgan fingerprint density at radius 2 is 0.976 bits per heavy atom. The molecule has 4 rings (SSSR count). The molecule has 0 N–H and O–H groups in total. The van der Waals surface area contributed by atoms with E-state index >= 15 is 0 Å². The number of hydrogen-bond donors (Lipinski definition) is 0. The minimum Gasteiger partial charge on any atom is -0.494 e. The second-order valence-electron chi connectivity index (χ2n) is 10.7. The third-order valence-corrected chi connectivity index (χ3v) is 7.39. The quantitative estimate of drug-likeness (QED) is 0.0818. The van der Waals surface area contributed by atoms with Gasteiger partial charge >= 0.3 is 0 Å². The molecule has 2 amide bonds. The molecule has 0 bridgehead atoms. The van der Waals surface area contributed by atoms with Gasteiger partial charge in [0.05, 0.1) is 35.7 Å². The van der Waals surface area contributed by atoms with Crippen LogP contribution < -0.4 is 9.47 Å². The van der Waals surface area contributed by atoms with Crippen LogP contribution in [0.4, 0.5) is 11.4 Å². The molecule has 222 valence electrons. The number of carbonyl (C=O) groups is 2. The summed E-state index contributed by atoms with van der Waals surface area (Å²) < 4.78 is 11.7. The number of nitrogens with zero attached hydrogens (tertiary/aromatic N) is 3. The number of carbonyl (C=O) groups excluding carboxylic acids is 2. The van der Waals surface area contributed by atoms with Gasteiger partial charge in [0.1, 0.15) is 11.5 Å². The molecular formula is C35H43N3O4. The van der Waals surface area contributed by atoms with Crippen LogP contribution in [0.5, 0.6) is 11.5 Å². The normalized spacial score (nSPS) is 12.7. The Morgan fingerprint density at radius 3 is 1.45 bits per heavy atom. The van der Waals surface area contributed by atoms with Gasteiger partial charge in [0, 0.05) is 6.54 Å². The molecule has 0 atom stereocenters. The maximum absolute atomic E-state index is 12.4. The van der Waals surface area contributed by atoms with Gasteiger partial charge in [-0.2, -0.15) is 10.2 Å². The van der Waals surface area contributed by atoms with E-state index in [1.165, 1.54) is 62.7 Å². The Labute approximate surface area is 250 Å². The summed E-state index contributed by atoms with van der Waals surface area (Å²) in [7, 11) is 0. The van der Waals surface area contributed by atoms with Crippen LogP contribution in [-0.4, -0.2) is 36.5 Å². The molecule has 1 aliphatic rings. The maximum atomic E-state index is 12.4. The summed E-state index contributed by atoms with van der Waals surface area (Å²) in [6, 6.07) is 21.9. The number of ether oxygens (including phenoxy) is 2. The lowest BCUT2D eigenvalue weighted by Crippen LogP contribution is -2.31. The average molecular weight is 570 g/mol. The highest BCUT2D eigenvalue weighted by atomic mass is 16.5. The van der Waals surface area contributed by atoms with Gasteiger partial charge in [0.2, 0.25) is 0 Å². The van der Waals surface area contributed by atoms with E-state index in [2.05, 4.69) is 17.2 Å². The summed E-state index contributed by atoms with van der Waals surface area (Å²) >= 11 is 0. The highest BCUT2D eigenvalue weighted by molar-refractivity contribution is 6.21. The third-order valence-electron chi connectivity index (χ3n) is 7.39. The molecule has 0 saturated carbocycles. The number of unbranched alkanes of at least 4 members (excludes halogenated alkanes) is 9. The molecule has 3 aromatic carbocycles. The summed E-state index contributed by atoms with van der Waals surface area (Å²) in [6.45, 7) is 3.72. The van der Waals surface area contributed by atoms with Crippen LogP contribution in [-0.2, 0) is 0 Å². The van der Waals surface area contributed by atoms with Crippen molar-refractivity contribution in [2.45, 2.75) is 77.6 Å². The number of amides is 2. The number of rotatable bonds is 19. The van der Waals surface area contributed by atoms with Crippen molar-refractivity contribution in [3.8, 4) is 11.5 Å². The fourth-order valence-electron chi connectivity index (χ4n) is 4.97. The highest BCUT2D eigenvalue weighted by Gasteiger charge is 2.34. The van der Waals surface area contributed by atoms with Gasteiger partial charge in [-0.05, 0) is 73.5 Å². The predicted octanol–water partition coefficient (Wildman–Crippen LogP) is 9.47. The van der Waals surface area contributed by atoms with Crippen molar-refractivity contribution < 1.29 is 19.1 Å². The molecule has 7 nitrogen and oxygen atoms in total. The minimum absolute atomic E-state index is 0.239. The van der Waals surface area contributed by atoms with E-state index in [4.69, 9.17) is 9.47 Å². The van der Waals surface area contributed by atoms with Gasteiger partial charge in [-0.1, -0.05) is 76.8 Å². The monoisotopic (exact) mass is 569 g/mol. The molecular weight excluding hydrogens is 526 g/mol. The molecule has 0 unspecified atom stereocenters. The van der Waals surface area contributed by atoms with Gasteiger partial charge in [-0.15, -0.1) is 0 Å². The Hall–Kier alpha value is -4.00. The van der Waals surface area contributed by atoms with E-state index in [0.717, 1.165) is 30.2 Å². The van der Waals surface area contributed by atoms with Crippen LogP contribution in [0.15, 0.2) is 83.0 Å². The van der Waals surface area contributed by atoms with E-state index in [-0.39, 0.29) is 11.8 Å². The van der Waals surface area contributed by atoms with Crippen molar-refractivity contribution in [3.63, 3.8) is 0 Å². The third kappa shape index (κ3) is 9.54. The Balaban J connectivity index is 1.08. The van der Waals surface area contributed by atoms with E-state index in [1.807, 2.05) is 48.5 Å². The molecule has 3 aromatic rings. The van der Waals surface area contributed by atoms with Crippen LogP contribution in [0.2, 0.25) is 0 Å². The molecule has 0 aliphatic carbocycles. The number of fused-ring (bicyclic) bond motifs is 1. The van der Waals surface area contributed by atoms with Gasteiger partial charge in [-0.25, -0.2) is 0 Å². The summed E-state index contributed by atoms with van der Waals surface area (Å²) in [6.07, 6.45) is 13.7. The van der Waals surface area contributed by atoms with Gasteiger partial charge in [0.15, 0.2) is 0 Å². The predicted molar refractivity (Wildman–Crippen MR) is 166 cm³/mol. The van der Waals surface area contributed by atoms with Crippen molar-refractivity contribution in [3.05, 3.63) is 83.9 Å². The van der Waals surface area contributed by atoms with Crippen LogP contribution in [0, 0.1) is 0 Å². The average Bonchev–Trinajstić information content (AvgIpc) is 3.27. The van der Waals surface area contributed by atoms with E-state index in [0.29, 0.717) is 36.4 Å². The van der Waals surface area contributed by atoms with Crippen molar-refractivity contribution in [2.75, 3.05) is 19.8 Å². The minimum atomic E-state index is -0.239. The molecule has 0 radical (unpaired) electrons. The van der Waals surface area contributed by atoms with E-state index in [9.17, 15) is 9.59 Å². The lowest BCUT2D eigenvalue weighted by Gasteiger charge is -2.14. The zero-order valence-corrected chi connectivity index (χ0v) is 24.8. The Morgan fingerprint density at radius 1 is 0.548 bits per heavy atom. The number of benzene rings is 3. The van der Waals surface area contributed by atoms with Crippen molar-refractivity contribution >= 4 is 23.2 Å². The number of azo groups is 1. The second kappa shape index (κ2) is 17.1. The molecule has 0 saturated heterocycles. The highest BCUT2D eigenvalue weighted by Crippen LogP contribution is 2.25. The van der Waals surface area contributed by atoms with Crippen LogP contribution in [0.25, 0.3) is 0 Å². The first-order chi connectivity index (χ1) is 20.7. The zero-order valence-electron chi connectivity index (χ0n) is 24.8. The molecule has 1 aliphatic heterocycles. The lowest BCUT2D eigenvalue weighted by atomic mass is 10.1. The zero-order chi connectivity index (χ0) is 29.4. The SMILES string of the molecule is CCCCCCCCCCCCOc1ccc(N=Nc2ccc(OCCCN3C(=O)c4ccccc4C3=O)cc2)cc1. The van der Waals surface area contributed by atoms with Crippen LogP contribution in [0.3, 0.4) is 0 Å². The number of hydrogen-bond acceptors (Lipinski definition) is 6. The maximum Gasteiger partial charge on any atom is 0.261 e. The largest absolute Gasteiger partial charge is 0.494 e. The summed E-state index contributed by atoms with van der Waals surface area (Å²) in [5.41, 5.74) is 2.42. The number of imide groups is 1. The van der Waals surface area contributed by atoms with E-state index < -0.39 is 0 Å². The molecule has 7 heteroatoms. The van der Waals surface area contributed by atoms with Crippen LogP contribution >= 0.6 is 0 Å². The fraction of sp³-hybridized carbons (Fsp3) is 0.429.